The zero-order chi connectivity index (χ0) is 10.8. The van der Waals surface area contributed by atoms with Gasteiger partial charge in [0.05, 0.1) is 0 Å². The first-order valence-electron chi connectivity index (χ1n) is 4.64. The van der Waals surface area contributed by atoms with Crippen molar-refractivity contribution < 1.29 is 4.79 Å². The smallest absolute Gasteiger partial charge is 0.171 e. The third-order valence-corrected chi connectivity index (χ3v) is 2.26. The minimum absolute atomic E-state index is 0.0520. The van der Waals surface area contributed by atoms with E-state index in [1.54, 1.807) is 12.4 Å². The normalized spacial score (nSPS) is 11.4. The van der Waals surface area contributed by atoms with E-state index in [1.807, 2.05) is 26.8 Å². The lowest BCUT2D eigenvalue weighted by Gasteiger charge is -2.20. The van der Waals surface area contributed by atoms with Crippen LogP contribution >= 0.6 is 0 Å². The fourth-order valence-corrected chi connectivity index (χ4v) is 1.16. The molecular weight excluding hydrogens is 176 g/mol. The molecule has 1 aromatic rings. The summed E-state index contributed by atoms with van der Waals surface area (Å²) < 4.78 is 0. The first kappa shape index (κ1) is 10.9. The number of aromatic nitrogens is 1. The number of carbonyl (C=O) groups is 1. The van der Waals surface area contributed by atoms with Crippen molar-refractivity contribution in [1.82, 2.24) is 4.98 Å². The van der Waals surface area contributed by atoms with Gasteiger partial charge >= 0.3 is 0 Å². The van der Waals surface area contributed by atoms with Gasteiger partial charge < -0.3 is 5.73 Å². The molecule has 0 spiro atoms. The molecule has 0 unspecified atom stereocenters. The van der Waals surface area contributed by atoms with Crippen LogP contribution in [0.1, 0.15) is 29.8 Å². The van der Waals surface area contributed by atoms with Gasteiger partial charge in [-0.15, -0.1) is 0 Å². The zero-order valence-corrected chi connectivity index (χ0v) is 8.87. The molecule has 3 heteroatoms. The Morgan fingerprint density at radius 2 is 2.14 bits per heavy atom. The molecule has 76 valence electrons. The highest BCUT2D eigenvalue weighted by molar-refractivity contribution is 6.00. The summed E-state index contributed by atoms with van der Waals surface area (Å²) in [6, 6.07) is 1.84. The van der Waals surface area contributed by atoms with Gasteiger partial charge in [0, 0.05) is 29.9 Å². The first-order chi connectivity index (χ1) is 6.47. The molecule has 0 amide bonds. The Labute approximate surface area is 84.3 Å². The predicted octanol–water partition coefficient (Wildman–Crippen LogP) is 1.56. The van der Waals surface area contributed by atoms with Crippen molar-refractivity contribution in [3.63, 3.8) is 0 Å². The monoisotopic (exact) mass is 192 g/mol. The summed E-state index contributed by atoms with van der Waals surface area (Å²) in [5.74, 6) is 0.0520. The molecule has 2 N–H and O–H groups in total. The Bertz CT molecular complexity index is 345. The van der Waals surface area contributed by atoms with E-state index in [9.17, 15) is 4.79 Å². The second-order valence-corrected chi connectivity index (χ2v) is 4.17. The summed E-state index contributed by atoms with van der Waals surface area (Å²) in [4.78, 5) is 15.9. The van der Waals surface area contributed by atoms with E-state index in [0.717, 1.165) is 5.56 Å². The molecule has 0 fully saturated rings. The lowest BCUT2D eigenvalue weighted by molar-refractivity contribution is 0.0847. The van der Waals surface area contributed by atoms with Crippen molar-refractivity contribution in [3.8, 4) is 0 Å². The van der Waals surface area contributed by atoms with Gasteiger partial charge in [0.15, 0.2) is 5.78 Å². The van der Waals surface area contributed by atoms with Gasteiger partial charge in [-0.3, -0.25) is 9.78 Å². The second-order valence-electron chi connectivity index (χ2n) is 4.17. The molecule has 0 radical (unpaired) electrons. The molecule has 0 saturated heterocycles. The van der Waals surface area contributed by atoms with Gasteiger partial charge in [-0.25, -0.2) is 0 Å². The van der Waals surface area contributed by atoms with Gasteiger partial charge in [0.2, 0.25) is 0 Å². The fourth-order valence-electron chi connectivity index (χ4n) is 1.16. The Balaban J connectivity index is 3.01. The highest BCUT2D eigenvalue weighted by atomic mass is 16.1. The van der Waals surface area contributed by atoms with E-state index in [1.165, 1.54) is 0 Å². The largest absolute Gasteiger partial charge is 0.329 e. The van der Waals surface area contributed by atoms with Crippen LogP contribution in [0.2, 0.25) is 0 Å². The molecular formula is C11H16N2O. The van der Waals surface area contributed by atoms with Crippen molar-refractivity contribution in [1.29, 1.82) is 0 Å². The Kier molecular flexibility index (Phi) is 3.01. The van der Waals surface area contributed by atoms with Crippen LogP contribution in [0.25, 0.3) is 0 Å². The lowest BCUT2D eigenvalue weighted by Crippen LogP contribution is -2.32. The molecule has 1 heterocycles. The summed E-state index contributed by atoms with van der Waals surface area (Å²) in [6.07, 6.45) is 3.32. The van der Waals surface area contributed by atoms with Gasteiger partial charge in [-0.1, -0.05) is 13.8 Å². The lowest BCUT2D eigenvalue weighted by atomic mass is 9.85. The van der Waals surface area contributed by atoms with E-state index < -0.39 is 5.41 Å². The summed E-state index contributed by atoms with van der Waals surface area (Å²) in [5.41, 5.74) is 6.67. The van der Waals surface area contributed by atoms with Crippen molar-refractivity contribution in [2.45, 2.75) is 20.8 Å². The van der Waals surface area contributed by atoms with Crippen LogP contribution in [-0.4, -0.2) is 17.3 Å². The van der Waals surface area contributed by atoms with Crippen LogP contribution in [-0.2, 0) is 0 Å². The molecule has 14 heavy (non-hydrogen) atoms. The average Bonchev–Trinajstić information content (AvgIpc) is 2.16. The van der Waals surface area contributed by atoms with Crippen molar-refractivity contribution >= 4 is 5.78 Å². The highest BCUT2D eigenvalue weighted by Crippen LogP contribution is 2.20. The molecule has 0 aliphatic heterocycles. The van der Waals surface area contributed by atoms with E-state index in [2.05, 4.69) is 4.98 Å². The summed E-state index contributed by atoms with van der Waals surface area (Å²) >= 11 is 0. The number of rotatable bonds is 3. The van der Waals surface area contributed by atoms with Gasteiger partial charge in [-0.05, 0) is 18.6 Å². The van der Waals surface area contributed by atoms with Crippen molar-refractivity contribution in [3.05, 3.63) is 29.6 Å². The summed E-state index contributed by atoms with van der Waals surface area (Å²) in [5, 5.41) is 0. The topological polar surface area (TPSA) is 56.0 Å². The molecule has 0 aliphatic rings. The SMILES string of the molecule is Cc1cncc(C(=O)C(C)(C)CN)c1. The highest BCUT2D eigenvalue weighted by Gasteiger charge is 2.26. The Hall–Kier alpha value is -1.22. The molecule has 1 rings (SSSR count). The number of hydrogen-bond acceptors (Lipinski definition) is 3. The van der Waals surface area contributed by atoms with Crippen LogP contribution < -0.4 is 5.73 Å². The number of nitrogens with zero attached hydrogens (tertiary/aromatic N) is 1. The standard InChI is InChI=1S/C11H16N2O/c1-8-4-9(6-13-5-8)10(14)11(2,3)7-12/h4-6H,7,12H2,1-3H3. The predicted molar refractivity (Wildman–Crippen MR) is 56.1 cm³/mol. The van der Waals surface area contributed by atoms with E-state index >= 15 is 0 Å². The first-order valence-corrected chi connectivity index (χ1v) is 4.64. The van der Waals surface area contributed by atoms with Crippen LogP contribution in [0.15, 0.2) is 18.5 Å². The van der Waals surface area contributed by atoms with Crippen molar-refractivity contribution in [2.24, 2.45) is 11.1 Å². The van der Waals surface area contributed by atoms with Crippen LogP contribution in [0.3, 0.4) is 0 Å². The summed E-state index contributed by atoms with van der Waals surface area (Å²) in [6.45, 7) is 5.95. The third-order valence-electron chi connectivity index (χ3n) is 2.26. The maximum absolute atomic E-state index is 11.9. The van der Waals surface area contributed by atoms with Crippen LogP contribution in [0.5, 0.6) is 0 Å². The number of ketones is 1. The minimum atomic E-state index is -0.504. The zero-order valence-electron chi connectivity index (χ0n) is 8.87. The number of nitrogens with two attached hydrogens (primary N) is 1. The average molecular weight is 192 g/mol. The minimum Gasteiger partial charge on any atom is -0.329 e. The molecule has 0 aromatic carbocycles. The molecule has 3 nitrogen and oxygen atoms in total. The van der Waals surface area contributed by atoms with Gasteiger partial charge in [0.1, 0.15) is 0 Å². The maximum Gasteiger partial charge on any atom is 0.171 e. The van der Waals surface area contributed by atoms with Gasteiger partial charge in [0.25, 0.3) is 0 Å². The van der Waals surface area contributed by atoms with Gasteiger partial charge in [-0.2, -0.15) is 0 Å². The number of aryl methyl sites for hydroxylation is 1. The van der Waals surface area contributed by atoms with Crippen LogP contribution in [0, 0.1) is 12.3 Å². The molecule has 0 atom stereocenters. The quantitative estimate of drug-likeness (QED) is 0.739. The summed E-state index contributed by atoms with van der Waals surface area (Å²) in [7, 11) is 0. The maximum atomic E-state index is 11.9. The number of pyridine rings is 1. The molecule has 0 saturated carbocycles. The second kappa shape index (κ2) is 3.88. The Morgan fingerprint density at radius 1 is 1.50 bits per heavy atom. The Morgan fingerprint density at radius 3 is 2.64 bits per heavy atom. The van der Waals surface area contributed by atoms with Crippen LogP contribution in [0.4, 0.5) is 0 Å². The molecule has 1 aromatic heterocycles. The van der Waals surface area contributed by atoms with E-state index in [-0.39, 0.29) is 5.78 Å². The molecule has 0 bridgehead atoms. The third kappa shape index (κ3) is 2.17. The van der Waals surface area contributed by atoms with Crippen molar-refractivity contribution in [2.75, 3.05) is 6.54 Å². The molecule has 0 aliphatic carbocycles. The van der Waals surface area contributed by atoms with E-state index in [4.69, 9.17) is 5.73 Å². The number of Topliss-reactive ketones (excluding diaryl/α,β-unsaturated/α-hetero) is 1. The number of carbonyl (C=O) groups excluding carboxylic acids is 1. The number of hydrogen-bond donors (Lipinski definition) is 1. The van der Waals surface area contributed by atoms with E-state index in [0.29, 0.717) is 12.1 Å². The fraction of sp³-hybridized carbons (Fsp3) is 0.455.